The van der Waals surface area contributed by atoms with E-state index in [1.807, 2.05) is 0 Å². The van der Waals surface area contributed by atoms with Crippen LogP contribution in [-0.4, -0.2) is 25.0 Å². The van der Waals surface area contributed by atoms with E-state index in [0.717, 1.165) is 0 Å². The first kappa shape index (κ1) is 30.0. The minimum Gasteiger partial charge on any atom is -0.307 e. The maximum absolute atomic E-state index is 2.43. The molecule has 182 valence electrons. The van der Waals surface area contributed by atoms with Crippen molar-refractivity contribution in [1.29, 1.82) is 0 Å². The molecule has 0 unspecified atom stereocenters. The summed E-state index contributed by atoms with van der Waals surface area (Å²) in [6.45, 7) is 7.03. The van der Waals surface area contributed by atoms with Gasteiger partial charge in [-0.05, 0) is 26.6 Å². The van der Waals surface area contributed by atoms with Crippen LogP contribution in [0.1, 0.15) is 168 Å². The third kappa shape index (κ3) is 26.0. The van der Waals surface area contributed by atoms with E-state index >= 15 is 0 Å². The highest BCUT2D eigenvalue weighted by Gasteiger charge is 1.97. The SMILES string of the molecule is CCCCCCCCCCCCCCCCCCCCCCCCCCN(C)CC. The summed E-state index contributed by atoms with van der Waals surface area (Å²) in [5.74, 6) is 0. The number of hydrogen-bond acceptors (Lipinski definition) is 1. The molecule has 0 aliphatic carbocycles. The molecule has 0 bridgehead atoms. The van der Waals surface area contributed by atoms with Gasteiger partial charge in [-0.1, -0.05) is 162 Å². The maximum atomic E-state index is 2.43. The topological polar surface area (TPSA) is 3.24 Å². The fourth-order valence-electron chi connectivity index (χ4n) is 4.50. The second-order valence-electron chi connectivity index (χ2n) is 10.0. The summed E-state index contributed by atoms with van der Waals surface area (Å²) in [6, 6.07) is 0. The van der Waals surface area contributed by atoms with Crippen LogP contribution in [0.3, 0.4) is 0 Å². The predicted octanol–water partition coefficient (Wildman–Crippen LogP) is 10.3. The Hall–Kier alpha value is -0.0400. The lowest BCUT2D eigenvalue weighted by Crippen LogP contribution is -2.18. The Morgan fingerprint density at radius 2 is 0.567 bits per heavy atom. The molecular formula is C29H61N. The summed E-state index contributed by atoms with van der Waals surface area (Å²) in [5.41, 5.74) is 0. The first-order chi connectivity index (χ1) is 14.8. The summed E-state index contributed by atoms with van der Waals surface area (Å²) in [6.07, 6.45) is 35.3. The summed E-state index contributed by atoms with van der Waals surface area (Å²) in [5, 5.41) is 0. The van der Waals surface area contributed by atoms with E-state index in [1.54, 1.807) is 0 Å². The van der Waals surface area contributed by atoms with Crippen LogP contribution < -0.4 is 0 Å². The van der Waals surface area contributed by atoms with Gasteiger partial charge in [0.2, 0.25) is 0 Å². The Bertz CT molecular complexity index is 288. The van der Waals surface area contributed by atoms with E-state index in [0.29, 0.717) is 0 Å². The highest BCUT2D eigenvalue weighted by Crippen LogP contribution is 2.15. The smallest absolute Gasteiger partial charge is 0.00219 e. The Morgan fingerprint density at radius 3 is 0.800 bits per heavy atom. The van der Waals surface area contributed by atoms with Crippen molar-refractivity contribution >= 4 is 0 Å². The zero-order valence-electron chi connectivity index (χ0n) is 21.8. The van der Waals surface area contributed by atoms with Crippen LogP contribution in [0, 0.1) is 0 Å². The number of nitrogens with zero attached hydrogens (tertiary/aromatic N) is 1. The third-order valence-electron chi connectivity index (χ3n) is 6.93. The molecule has 0 radical (unpaired) electrons. The molecule has 1 nitrogen and oxygen atoms in total. The van der Waals surface area contributed by atoms with Crippen LogP contribution in [0.25, 0.3) is 0 Å². The molecule has 0 saturated heterocycles. The minimum atomic E-state index is 1.19. The third-order valence-corrected chi connectivity index (χ3v) is 6.93. The lowest BCUT2D eigenvalue weighted by atomic mass is 10.0. The molecule has 0 rings (SSSR count). The molecule has 0 amide bonds. The van der Waals surface area contributed by atoms with Crippen LogP contribution in [0.15, 0.2) is 0 Å². The Balaban J connectivity index is 3.00. The number of hydrogen-bond donors (Lipinski definition) is 0. The van der Waals surface area contributed by atoms with Gasteiger partial charge in [0, 0.05) is 0 Å². The highest BCUT2D eigenvalue weighted by molar-refractivity contribution is 4.52. The van der Waals surface area contributed by atoms with Crippen molar-refractivity contribution in [3.8, 4) is 0 Å². The van der Waals surface area contributed by atoms with Crippen LogP contribution in [0.2, 0.25) is 0 Å². The number of rotatable bonds is 26. The average Bonchev–Trinajstić information content (AvgIpc) is 2.76. The van der Waals surface area contributed by atoms with Crippen molar-refractivity contribution in [2.24, 2.45) is 0 Å². The Labute approximate surface area is 193 Å². The van der Waals surface area contributed by atoms with E-state index in [2.05, 4.69) is 25.8 Å². The van der Waals surface area contributed by atoms with Gasteiger partial charge in [-0.2, -0.15) is 0 Å². The molecule has 0 saturated carbocycles. The molecule has 0 aliphatic rings. The van der Waals surface area contributed by atoms with Gasteiger partial charge in [-0.3, -0.25) is 0 Å². The van der Waals surface area contributed by atoms with Crippen molar-refractivity contribution in [3.05, 3.63) is 0 Å². The van der Waals surface area contributed by atoms with Crippen molar-refractivity contribution in [1.82, 2.24) is 4.90 Å². The molecule has 0 aromatic heterocycles. The van der Waals surface area contributed by atoms with Crippen molar-refractivity contribution in [3.63, 3.8) is 0 Å². The summed E-state index contributed by atoms with van der Waals surface area (Å²) in [7, 11) is 2.23. The average molecular weight is 424 g/mol. The van der Waals surface area contributed by atoms with E-state index in [4.69, 9.17) is 0 Å². The summed E-state index contributed by atoms with van der Waals surface area (Å²) in [4.78, 5) is 2.43. The van der Waals surface area contributed by atoms with Gasteiger partial charge in [-0.25, -0.2) is 0 Å². The largest absolute Gasteiger partial charge is 0.307 e. The Morgan fingerprint density at radius 1 is 0.333 bits per heavy atom. The Kier molecular flexibility index (Phi) is 27.0. The quantitative estimate of drug-likeness (QED) is 0.125. The highest BCUT2D eigenvalue weighted by atomic mass is 15.1. The monoisotopic (exact) mass is 423 g/mol. The van der Waals surface area contributed by atoms with Gasteiger partial charge in [0.05, 0.1) is 0 Å². The summed E-state index contributed by atoms with van der Waals surface area (Å²) >= 11 is 0. The molecule has 0 N–H and O–H groups in total. The fourth-order valence-corrected chi connectivity index (χ4v) is 4.50. The maximum Gasteiger partial charge on any atom is -0.00219 e. The molecule has 0 spiro atoms. The predicted molar refractivity (Wildman–Crippen MR) is 140 cm³/mol. The normalized spacial score (nSPS) is 11.6. The summed E-state index contributed by atoms with van der Waals surface area (Å²) < 4.78 is 0. The van der Waals surface area contributed by atoms with Crippen LogP contribution in [0.4, 0.5) is 0 Å². The molecule has 0 aromatic rings. The van der Waals surface area contributed by atoms with Crippen LogP contribution in [-0.2, 0) is 0 Å². The molecule has 0 heterocycles. The second kappa shape index (κ2) is 27.0. The molecule has 0 atom stereocenters. The van der Waals surface area contributed by atoms with E-state index in [1.165, 1.54) is 167 Å². The van der Waals surface area contributed by atoms with Crippen molar-refractivity contribution < 1.29 is 0 Å². The van der Waals surface area contributed by atoms with Crippen molar-refractivity contribution in [2.75, 3.05) is 20.1 Å². The van der Waals surface area contributed by atoms with Gasteiger partial charge in [0.1, 0.15) is 0 Å². The standard InChI is InChI=1S/C29H61N/c1-4-6-7-8-9-10-11-12-13-14-15-16-17-18-19-20-21-22-23-24-25-26-27-28-29-30(3)5-2/h4-29H2,1-3H3. The van der Waals surface area contributed by atoms with Gasteiger partial charge in [0.15, 0.2) is 0 Å². The van der Waals surface area contributed by atoms with Crippen LogP contribution >= 0.6 is 0 Å². The van der Waals surface area contributed by atoms with Gasteiger partial charge in [-0.15, -0.1) is 0 Å². The first-order valence-electron chi connectivity index (χ1n) is 14.5. The molecular weight excluding hydrogens is 362 g/mol. The molecule has 0 fully saturated rings. The van der Waals surface area contributed by atoms with Crippen LogP contribution in [0.5, 0.6) is 0 Å². The molecule has 1 heteroatoms. The van der Waals surface area contributed by atoms with E-state index < -0.39 is 0 Å². The van der Waals surface area contributed by atoms with E-state index in [9.17, 15) is 0 Å². The second-order valence-corrected chi connectivity index (χ2v) is 10.0. The van der Waals surface area contributed by atoms with Gasteiger partial charge < -0.3 is 4.90 Å². The zero-order valence-corrected chi connectivity index (χ0v) is 21.8. The zero-order chi connectivity index (χ0) is 22.0. The van der Waals surface area contributed by atoms with Crippen molar-refractivity contribution in [2.45, 2.75) is 168 Å². The first-order valence-corrected chi connectivity index (χ1v) is 14.5. The number of unbranched alkanes of at least 4 members (excludes halogenated alkanes) is 23. The molecule has 30 heavy (non-hydrogen) atoms. The molecule has 0 aliphatic heterocycles. The lowest BCUT2D eigenvalue weighted by molar-refractivity contribution is 0.340. The van der Waals surface area contributed by atoms with Gasteiger partial charge in [0.25, 0.3) is 0 Å². The lowest BCUT2D eigenvalue weighted by Gasteiger charge is -2.12. The minimum absolute atomic E-state index is 1.19. The van der Waals surface area contributed by atoms with Gasteiger partial charge >= 0.3 is 0 Å². The van der Waals surface area contributed by atoms with E-state index in [-0.39, 0.29) is 0 Å². The fraction of sp³-hybridized carbons (Fsp3) is 1.00. The molecule has 0 aromatic carbocycles.